The number of aromatic nitrogens is 3. The van der Waals surface area contributed by atoms with Crippen molar-refractivity contribution < 1.29 is 18.7 Å². The summed E-state index contributed by atoms with van der Waals surface area (Å²) in [7, 11) is 1.47. The number of fused-ring (bicyclic) bond motifs is 2. The molecule has 1 aliphatic rings. The van der Waals surface area contributed by atoms with Crippen molar-refractivity contribution in [2.24, 2.45) is 0 Å². The molecule has 8 heteroatoms. The first-order valence-electron chi connectivity index (χ1n) is 7.20. The monoisotopic (exact) mass is 357 g/mol. The third-order valence-electron chi connectivity index (χ3n) is 3.96. The minimum atomic E-state index is -0.600. The van der Waals surface area contributed by atoms with E-state index in [4.69, 9.17) is 16.3 Å². The van der Waals surface area contributed by atoms with Crippen LogP contribution in [0.4, 0.5) is 4.39 Å². The fourth-order valence-electron chi connectivity index (χ4n) is 2.73. The Labute approximate surface area is 145 Å². The number of carbonyl (C=O) groups is 2. The van der Waals surface area contributed by atoms with Crippen LogP contribution in [-0.2, 0) is 0 Å². The Balaban J connectivity index is 1.92. The van der Waals surface area contributed by atoms with Crippen LogP contribution >= 0.6 is 11.6 Å². The van der Waals surface area contributed by atoms with E-state index in [1.807, 2.05) is 0 Å². The quantitative estimate of drug-likeness (QED) is 0.551. The second-order valence-corrected chi connectivity index (χ2v) is 5.77. The van der Waals surface area contributed by atoms with Gasteiger partial charge >= 0.3 is 0 Å². The Morgan fingerprint density at radius 2 is 1.88 bits per heavy atom. The summed E-state index contributed by atoms with van der Waals surface area (Å²) in [6, 6.07) is 8.47. The molecule has 0 bridgehead atoms. The summed E-state index contributed by atoms with van der Waals surface area (Å²) >= 11 is 5.79. The maximum Gasteiger partial charge on any atom is 0.216 e. The molecular formula is C17H9ClFN3O3. The Bertz CT molecular complexity index is 1060. The van der Waals surface area contributed by atoms with Crippen molar-refractivity contribution in [1.82, 2.24) is 15.0 Å². The first-order chi connectivity index (χ1) is 12.0. The lowest BCUT2D eigenvalue weighted by Gasteiger charge is -2.15. The van der Waals surface area contributed by atoms with Gasteiger partial charge in [0, 0.05) is 11.1 Å². The van der Waals surface area contributed by atoms with E-state index >= 15 is 0 Å². The average molecular weight is 358 g/mol. The van der Waals surface area contributed by atoms with Crippen LogP contribution in [-0.4, -0.2) is 33.7 Å². The van der Waals surface area contributed by atoms with Crippen LogP contribution in [0, 0.1) is 5.82 Å². The minimum Gasteiger partial charge on any atom is -0.497 e. The molecule has 0 fully saturated rings. The topological polar surface area (TPSA) is 74.1 Å². The number of rotatable bonds is 2. The van der Waals surface area contributed by atoms with Gasteiger partial charge in [-0.25, -0.2) is 9.07 Å². The summed E-state index contributed by atoms with van der Waals surface area (Å²) in [5.74, 6) is -0.982. The van der Waals surface area contributed by atoms with Crippen LogP contribution in [0.1, 0.15) is 32.1 Å². The lowest BCUT2D eigenvalue weighted by atomic mass is 9.90. The van der Waals surface area contributed by atoms with E-state index < -0.39 is 17.4 Å². The number of ether oxygens (including phenoxy) is 1. The number of ketones is 2. The maximum atomic E-state index is 13.4. The Morgan fingerprint density at radius 3 is 2.60 bits per heavy atom. The molecule has 25 heavy (non-hydrogen) atoms. The summed E-state index contributed by atoms with van der Waals surface area (Å²) in [5.41, 5.74) is 0.722. The van der Waals surface area contributed by atoms with Gasteiger partial charge < -0.3 is 4.74 Å². The largest absolute Gasteiger partial charge is 0.497 e. The van der Waals surface area contributed by atoms with E-state index in [0.29, 0.717) is 11.4 Å². The number of halogens is 2. The van der Waals surface area contributed by atoms with Crippen LogP contribution in [0.25, 0.3) is 5.69 Å². The lowest BCUT2D eigenvalue weighted by Crippen LogP contribution is -2.23. The highest BCUT2D eigenvalue weighted by Crippen LogP contribution is 2.30. The first kappa shape index (κ1) is 15.5. The molecule has 1 aliphatic carbocycles. The van der Waals surface area contributed by atoms with E-state index in [1.54, 1.807) is 6.07 Å². The molecule has 4 rings (SSSR count). The first-order valence-corrected chi connectivity index (χ1v) is 7.57. The second-order valence-electron chi connectivity index (χ2n) is 5.37. The summed E-state index contributed by atoms with van der Waals surface area (Å²) in [6.45, 7) is 0. The van der Waals surface area contributed by atoms with Gasteiger partial charge in [0.2, 0.25) is 11.6 Å². The lowest BCUT2D eigenvalue weighted by molar-refractivity contribution is 0.0972. The number of hydrogen-bond donors (Lipinski definition) is 0. The van der Waals surface area contributed by atoms with Crippen molar-refractivity contribution in [3.8, 4) is 11.4 Å². The van der Waals surface area contributed by atoms with Crippen LogP contribution in [0.2, 0.25) is 5.02 Å². The van der Waals surface area contributed by atoms with Gasteiger partial charge in [0.05, 0.1) is 17.8 Å². The zero-order valence-corrected chi connectivity index (χ0v) is 13.5. The average Bonchev–Trinajstić information content (AvgIpc) is 3.07. The van der Waals surface area contributed by atoms with Crippen LogP contribution in [0.3, 0.4) is 0 Å². The molecule has 3 aromatic rings. The molecule has 2 aromatic carbocycles. The molecule has 0 radical (unpaired) electrons. The van der Waals surface area contributed by atoms with Gasteiger partial charge in [-0.2, -0.15) is 0 Å². The molecule has 1 aromatic heterocycles. The van der Waals surface area contributed by atoms with Gasteiger partial charge in [0.1, 0.15) is 17.3 Å². The van der Waals surface area contributed by atoms with Crippen LogP contribution in [0.5, 0.6) is 5.75 Å². The van der Waals surface area contributed by atoms with Crippen molar-refractivity contribution in [2.45, 2.75) is 0 Å². The molecule has 0 saturated heterocycles. The normalized spacial score (nSPS) is 12.8. The van der Waals surface area contributed by atoms with E-state index in [1.165, 1.54) is 36.1 Å². The predicted molar refractivity (Wildman–Crippen MR) is 86.2 cm³/mol. The third-order valence-corrected chi connectivity index (χ3v) is 4.25. The molecule has 0 atom stereocenters. The van der Waals surface area contributed by atoms with E-state index in [9.17, 15) is 14.0 Å². The van der Waals surface area contributed by atoms with Crippen molar-refractivity contribution >= 4 is 23.2 Å². The Kier molecular flexibility index (Phi) is 3.40. The fourth-order valence-corrected chi connectivity index (χ4v) is 2.90. The number of hydrogen-bond acceptors (Lipinski definition) is 5. The third kappa shape index (κ3) is 2.24. The highest BCUT2D eigenvalue weighted by Gasteiger charge is 2.35. The number of nitrogens with zero attached hydrogens (tertiary/aromatic N) is 3. The molecule has 0 amide bonds. The van der Waals surface area contributed by atoms with Gasteiger partial charge in [-0.15, -0.1) is 5.10 Å². The molecular weight excluding hydrogens is 349 g/mol. The van der Waals surface area contributed by atoms with Gasteiger partial charge in [-0.05, 0) is 36.4 Å². The number of benzene rings is 2. The van der Waals surface area contributed by atoms with E-state index in [-0.39, 0.29) is 27.5 Å². The molecule has 6 nitrogen and oxygen atoms in total. The SMILES string of the molecule is COc1ccc2c(c1)C(=O)c1c(nnn1-c1ccc(F)c(Cl)c1)C2=O. The summed E-state index contributed by atoms with van der Waals surface area (Å²) in [6.07, 6.45) is 0. The van der Waals surface area contributed by atoms with Gasteiger partial charge in [0.25, 0.3) is 0 Å². The minimum absolute atomic E-state index is 0.00780. The van der Waals surface area contributed by atoms with Gasteiger partial charge in [-0.3, -0.25) is 9.59 Å². The molecule has 0 spiro atoms. The van der Waals surface area contributed by atoms with E-state index in [0.717, 1.165) is 6.07 Å². The smallest absolute Gasteiger partial charge is 0.216 e. The van der Waals surface area contributed by atoms with Crippen LogP contribution in [0.15, 0.2) is 36.4 Å². The summed E-state index contributed by atoms with van der Waals surface area (Å²) in [4.78, 5) is 25.5. The zero-order valence-electron chi connectivity index (χ0n) is 12.8. The van der Waals surface area contributed by atoms with Crippen molar-refractivity contribution in [1.29, 1.82) is 0 Å². The molecule has 1 heterocycles. The highest BCUT2D eigenvalue weighted by molar-refractivity contribution is 6.31. The molecule has 0 saturated carbocycles. The molecule has 0 unspecified atom stereocenters. The van der Waals surface area contributed by atoms with Gasteiger partial charge in [-0.1, -0.05) is 16.8 Å². The molecule has 0 aliphatic heterocycles. The second kappa shape index (κ2) is 5.49. The Morgan fingerprint density at radius 1 is 1.08 bits per heavy atom. The maximum absolute atomic E-state index is 13.4. The van der Waals surface area contributed by atoms with Crippen LogP contribution < -0.4 is 4.74 Å². The predicted octanol–water partition coefficient (Wildman–Crippen LogP) is 2.84. The highest BCUT2D eigenvalue weighted by atomic mass is 35.5. The molecule has 124 valence electrons. The zero-order chi connectivity index (χ0) is 17.7. The number of carbonyl (C=O) groups excluding carboxylic acids is 2. The summed E-state index contributed by atoms with van der Waals surface area (Å²) in [5, 5.41) is 7.58. The fraction of sp³-hybridized carbons (Fsp3) is 0.0588. The molecule has 0 N–H and O–H groups in total. The van der Waals surface area contributed by atoms with E-state index in [2.05, 4.69) is 10.3 Å². The Hall–Kier alpha value is -3.06. The van der Waals surface area contributed by atoms with Crippen molar-refractivity contribution in [3.05, 3.63) is 69.8 Å². The number of methoxy groups -OCH3 is 1. The van der Waals surface area contributed by atoms with Crippen molar-refractivity contribution in [2.75, 3.05) is 7.11 Å². The summed E-state index contributed by atoms with van der Waals surface area (Å²) < 4.78 is 19.7. The standard InChI is InChI=1S/C17H9ClFN3O3/c1-25-9-3-4-10-11(7-9)17(24)15-14(16(10)23)20-21-22(15)8-2-5-13(19)12(18)6-8/h2-7H,1H3. The van der Waals surface area contributed by atoms with Gasteiger partial charge in [0.15, 0.2) is 5.69 Å². The van der Waals surface area contributed by atoms with Crippen molar-refractivity contribution in [3.63, 3.8) is 0 Å².